The zero-order valence-electron chi connectivity index (χ0n) is 11.8. The Balaban J connectivity index is 4.33. The van der Waals surface area contributed by atoms with E-state index in [1.165, 1.54) is 6.92 Å². The molecule has 0 bridgehead atoms. The van der Waals surface area contributed by atoms with Crippen molar-refractivity contribution < 1.29 is 19.1 Å². The molecule has 0 saturated carbocycles. The van der Waals surface area contributed by atoms with E-state index in [9.17, 15) is 14.4 Å². The van der Waals surface area contributed by atoms with Gasteiger partial charge in [0.1, 0.15) is 12.1 Å². The third-order valence-corrected chi connectivity index (χ3v) is 2.25. The third kappa shape index (κ3) is 7.95. The Labute approximate surface area is 108 Å². The van der Waals surface area contributed by atoms with Crippen LogP contribution in [0.25, 0.3) is 0 Å². The SMILES string of the molecule is CC(=O)CNC(=O)CC(C)(C)OC(C)(C)CC=O. The maximum absolute atomic E-state index is 11.6. The molecule has 0 aliphatic rings. The molecule has 0 heterocycles. The first-order valence-corrected chi connectivity index (χ1v) is 5.98. The normalized spacial score (nSPS) is 12.1. The lowest BCUT2D eigenvalue weighted by atomic mass is 10.00. The van der Waals surface area contributed by atoms with Crippen LogP contribution in [0, 0.1) is 0 Å². The number of aldehydes is 1. The second kappa shape index (κ2) is 6.64. The smallest absolute Gasteiger partial charge is 0.223 e. The highest BCUT2D eigenvalue weighted by atomic mass is 16.5. The molecule has 0 unspecified atom stereocenters. The zero-order chi connectivity index (χ0) is 14.4. The number of hydrogen-bond acceptors (Lipinski definition) is 4. The lowest BCUT2D eigenvalue weighted by molar-refractivity contribution is -0.148. The van der Waals surface area contributed by atoms with E-state index in [4.69, 9.17) is 4.74 Å². The molecule has 0 aromatic rings. The van der Waals surface area contributed by atoms with Gasteiger partial charge in [0.25, 0.3) is 0 Å². The predicted octanol–water partition coefficient (Wildman–Crippen LogP) is 1.24. The van der Waals surface area contributed by atoms with Crippen LogP contribution in [0.15, 0.2) is 0 Å². The number of rotatable bonds is 8. The molecule has 0 atom stereocenters. The van der Waals surface area contributed by atoms with Crippen LogP contribution in [0.5, 0.6) is 0 Å². The van der Waals surface area contributed by atoms with Crippen LogP contribution in [-0.2, 0) is 19.1 Å². The van der Waals surface area contributed by atoms with E-state index in [0.29, 0.717) is 0 Å². The first-order chi connectivity index (χ1) is 8.08. The van der Waals surface area contributed by atoms with Gasteiger partial charge in [0.15, 0.2) is 0 Å². The fourth-order valence-electron chi connectivity index (χ4n) is 1.70. The monoisotopic (exact) mass is 257 g/mol. The van der Waals surface area contributed by atoms with Gasteiger partial charge in [-0.3, -0.25) is 9.59 Å². The van der Waals surface area contributed by atoms with Crippen LogP contribution >= 0.6 is 0 Å². The molecule has 0 aromatic heterocycles. The molecule has 1 N–H and O–H groups in total. The summed E-state index contributed by atoms with van der Waals surface area (Å²) in [5.74, 6) is -0.333. The maximum Gasteiger partial charge on any atom is 0.223 e. The number of nitrogens with one attached hydrogen (secondary N) is 1. The van der Waals surface area contributed by atoms with Crippen LogP contribution in [0.1, 0.15) is 47.5 Å². The molecule has 0 rings (SSSR count). The van der Waals surface area contributed by atoms with Crippen molar-refractivity contribution in [1.29, 1.82) is 0 Å². The highest BCUT2D eigenvalue weighted by Gasteiger charge is 2.30. The van der Waals surface area contributed by atoms with Gasteiger partial charge in [0, 0.05) is 6.42 Å². The molecule has 5 heteroatoms. The summed E-state index contributed by atoms with van der Waals surface area (Å²) < 4.78 is 5.77. The maximum atomic E-state index is 11.6. The van der Waals surface area contributed by atoms with Crippen LogP contribution in [0.4, 0.5) is 0 Å². The molecular weight excluding hydrogens is 234 g/mol. The van der Waals surface area contributed by atoms with Crippen molar-refractivity contribution >= 4 is 18.0 Å². The fourth-order valence-corrected chi connectivity index (χ4v) is 1.70. The van der Waals surface area contributed by atoms with E-state index in [2.05, 4.69) is 5.32 Å². The molecular formula is C13H23NO4. The van der Waals surface area contributed by atoms with Crippen molar-refractivity contribution in [2.45, 2.75) is 58.7 Å². The standard InChI is InChI=1S/C13H23NO4/c1-10(16)9-14-11(17)8-13(4,5)18-12(2,3)6-7-15/h7H,6,8-9H2,1-5H3,(H,14,17). The number of Topliss-reactive ketones (excluding diaryl/α,β-unsaturated/α-hetero) is 1. The van der Waals surface area contributed by atoms with E-state index in [-0.39, 0.29) is 31.1 Å². The van der Waals surface area contributed by atoms with Gasteiger partial charge < -0.3 is 14.8 Å². The quantitative estimate of drug-likeness (QED) is 0.664. The number of ether oxygens (including phenoxy) is 1. The van der Waals surface area contributed by atoms with Crippen molar-refractivity contribution in [2.24, 2.45) is 0 Å². The van der Waals surface area contributed by atoms with Crippen molar-refractivity contribution in [3.8, 4) is 0 Å². The second-order valence-corrected chi connectivity index (χ2v) is 5.65. The molecule has 18 heavy (non-hydrogen) atoms. The summed E-state index contributed by atoms with van der Waals surface area (Å²) in [6, 6.07) is 0. The Bertz CT molecular complexity index is 321. The van der Waals surface area contributed by atoms with Gasteiger partial charge in [-0.1, -0.05) is 0 Å². The average Bonchev–Trinajstić information content (AvgIpc) is 2.11. The van der Waals surface area contributed by atoms with Crippen molar-refractivity contribution in [2.75, 3.05) is 6.54 Å². The number of amides is 1. The van der Waals surface area contributed by atoms with Gasteiger partial charge in [0.2, 0.25) is 5.91 Å². The minimum Gasteiger partial charge on any atom is -0.369 e. The number of ketones is 1. The number of carbonyl (C=O) groups excluding carboxylic acids is 3. The summed E-state index contributed by atoms with van der Waals surface area (Å²) in [4.78, 5) is 32.8. The Morgan fingerprint density at radius 1 is 1.17 bits per heavy atom. The first-order valence-electron chi connectivity index (χ1n) is 5.98. The molecule has 0 aliphatic heterocycles. The molecule has 0 aliphatic carbocycles. The Morgan fingerprint density at radius 3 is 2.17 bits per heavy atom. The fraction of sp³-hybridized carbons (Fsp3) is 0.769. The highest BCUT2D eigenvalue weighted by molar-refractivity contribution is 5.84. The van der Waals surface area contributed by atoms with Gasteiger partial charge >= 0.3 is 0 Å². The van der Waals surface area contributed by atoms with Crippen molar-refractivity contribution in [3.05, 3.63) is 0 Å². The first kappa shape index (κ1) is 16.8. The Kier molecular flexibility index (Phi) is 6.18. The zero-order valence-corrected chi connectivity index (χ0v) is 11.8. The van der Waals surface area contributed by atoms with Crippen LogP contribution in [0.3, 0.4) is 0 Å². The van der Waals surface area contributed by atoms with E-state index < -0.39 is 11.2 Å². The summed E-state index contributed by atoms with van der Waals surface area (Å²) >= 11 is 0. The van der Waals surface area contributed by atoms with Gasteiger partial charge in [-0.25, -0.2) is 0 Å². The molecule has 0 spiro atoms. The lowest BCUT2D eigenvalue weighted by Crippen LogP contribution is -2.41. The van der Waals surface area contributed by atoms with Crippen molar-refractivity contribution in [3.63, 3.8) is 0 Å². The lowest BCUT2D eigenvalue weighted by Gasteiger charge is -2.34. The molecule has 0 radical (unpaired) electrons. The van der Waals surface area contributed by atoms with E-state index in [1.807, 2.05) is 0 Å². The highest BCUT2D eigenvalue weighted by Crippen LogP contribution is 2.25. The van der Waals surface area contributed by atoms with E-state index >= 15 is 0 Å². The topological polar surface area (TPSA) is 72.5 Å². The van der Waals surface area contributed by atoms with Crippen molar-refractivity contribution in [1.82, 2.24) is 5.32 Å². The Morgan fingerprint density at radius 2 is 1.72 bits per heavy atom. The summed E-state index contributed by atoms with van der Waals surface area (Å²) in [7, 11) is 0. The molecule has 104 valence electrons. The molecule has 0 saturated heterocycles. The molecule has 0 aromatic carbocycles. The average molecular weight is 257 g/mol. The molecule has 0 fully saturated rings. The van der Waals surface area contributed by atoms with Crippen LogP contribution in [-0.4, -0.2) is 35.7 Å². The van der Waals surface area contributed by atoms with Crippen LogP contribution < -0.4 is 5.32 Å². The third-order valence-electron chi connectivity index (χ3n) is 2.25. The summed E-state index contributed by atoms with van der Waals surface area (Å²) in [5, 5.41) is 2.52. The number of hydrogen-bond donors (Lipinski definition) is 1. The minimum atomic E-state index is -0.687. The van der Waals surface area contributed by atoms with Gasteiger partial charge in [0.05, 0.1) is 24.2 Å². The summed E-state index contributed by atoms with van der Waals surface area (Å²) in [6.45, 7) is 8.62. The Hall–Kier alpha value is -1.23. The van der Waals surface area contributed by atoms with Gasteiger partial charge in [-0.15, -0.1) is 0 Å². The largest absolute Gasteiger partial charge is 0.369 e. The van der Waals surface area contributed by atoms with E-state index in [1.54, 1.807) is 27.7 Å². The molecule has 1 amide bonds. The summed E-state index contributed by atoms with van der Waals surface area (Å²) in [6.07, 6.45) is 1.21. The summed E-state index contributed by atoms with van der Waals surface area (Å²) in [5.41, 5.74) is -1.29. The van der Waals surface area contributed by atoms with Gasteiger partial charge in [-0.05, 0) is 34.6 Å². The molecule has 5 nitrogen and oxygen atoms in total. The number of carbonyl (C=O) groups is 3. The van der Waals surface area contributed by atoms with E-state index in [0.717, 1.165) is 6.29 Å². The minimum absolute atomic E-state index is 0.0344. The van der Waals surface area contributed by atoms with Crippen LogP contribution in [0.2, 0.25) is 0 Å². The second-order valence-electron chi connectivity index (χ2n) is 5.65. The van der Waals surface area contributed by atoms with Gasteiger partial charge in [-0.2, -0.15) is 0 Å². The predicted molar refractivity (Wildman–Crippen MR) is 68.2 cm³/mol.